The van der Waals surface area contributed by atoms with Crippen LogP contribution in [-0.2, 0) is 4.79 Å². The van der Waals surface area contributed by atoms with E-state index in [1.165, 1.54) is 25.3 Å². The number of hydrogen-bond donors (Lipinski definition) is 2. The molecule has 0 spiro atoms. The Labute approximate surface area is 110 Å². The van der Waals surface area contributed by atoms with Gasteiger partial charge in [0, 0.05) is 12.6 Å². The van der Waals surface area contributed by atoms with E-state index in [9.17, 15) is 14.9 Å². The van der Waals surface area contributed by atoms with E-state index in [4.69, 9.17) is 4.74 Å². The zero-order chi connectivity index (χ0) is 14.3. The van der Waals surface area contributed by atoms with Crippen molar-refractivity contribution in [1.29, 1.82) is 0 Å². The number of non-ortho nitro benzene ring substituents is 1. The van der Waals surface area contributed by atoms with Crippen molar-refractivity contribution in [3.63, 3.8) is 0 Å². The molecule has 0 atom stereocenters. The number of carbonyl (C=O) groups is 1. The fraction of sp³-hybridized carbons (Fsp3) is 0.250. The Morgan fingerprint density at radius 1 is 1.58 bits per heavy atom. The van der Waals surface area contributed by atoms with E-state index >= 15 is 0 Å². The predicted octanol–water partition coefficient (Wildman–Crippen LogP) is 1.32. The normalized spacial score (nSPS) is 9.74. The van der Waals surface area contributed by atoms with Gasteiger partial charge in [-0.2, -0.15) is 0 Å². The second kappa shape index (κ2) is 7.12. The summed E-state index contributed by atoms with van der Waals surface area (Å²) in [6.07, 6.45) is 1.64. The van der Waals surface area contributed by atoms with Gasteiger partial charge in [0.15, 0.2) is 0 Å². The fourth-order valence-electron chi connectivity index (χ4n) is 1.38. The number of anilines is 1. The molecule has 0 saturated carbocycles. The molecule has 1 aromatic rings. The summed E-state index contributed by atoms with van der Waals surface area (Å²) in [5.74, 6) is -0.0275. The van der Waals surface area contributed by atoms with Crippen LogP contribution in [-0.4, -0.2) is 31.0 Å². The van der Waals surface area contributed by atoms with Crippen molar-refractivity contribution < 1.29 is 14.5 Å². The Bertz CT molecular complexity index is 488. The number of rotatable bonds is 7. The van der Waals surface area contributed by atoms with Crippen LogP contribution in [0.5, 0.6) is 5.75 Å². The van der Waals surface area contributed by atoms with Crippen LogP contribution in [0.2, 0.25) is 0 Å². The Hall–Kier alpha value is -2.41. The molecule has 19 heavy (non-hydrogen) atoms. The Balaban J connectivity index is 2.74. The topological polar surface area (TPSA) is 93.5 Å². The average Bonchev–Trinajstić information content (AvgIpc) is 2.39. The SMILES string of the molecule is C=CCNCC(=O)Nc1ccc([N+](=O)[O-])cc1OC. The van der Waals surface area contributed by atoms with E-state index in [1.807, 2.05) is 0 Å². The number of nitrogens with zero attached hydrogens (tertiary/aromatic N) is 1. The van der Waals surface area contributed by atoms with Gasteiger partial charge in [-0.25, -0.2) is 0 Å². The summed E-state index contributed by atoms with van der Waals surface area (Å²) in [7, 11) is 1.38. The molecule has 0 radical (unpaired) electrons. The Morgan fingerprint density at radius 3 is 2.89 bits per heavy atom. The highest BCUT2D eigenvalue weighted by Gasteiger charge is 2.12. The molecule has 0 aliphatic rings. The number of benzene rings is 1. The van der Waals surface area contributed by atoms with Gasteiger partial charge >= 0.3 is 0 Å². The van der Waals surface area contributed by atoms with Gasteiger partial charge in [-0.1, -0.05) is 6.08 Å². The molecule has 1 rings (SSSR count). The second-order valence-electron chi connectivity index (χ2n) is 3.61. The summed E-state index contributed by atoms with van der Waals surface area (Å²) in [5.41, 5.74) is 0.290. The van der Waals surface area contributed by atoms with Gasteiger partial charge in [0.25, 0.3) is 5.69 Å². The molecule has 1 aromatic carbocycles. The molecule has 0 aromatic heterocycles. The average molecular weight is 265 g/mol. The highest BCUT2D eigenvalue weighted by Crippen LogP contribution is 2.28. The first kappa shape index (κ1) is 14.7. The zero-order valence-electron chi connectivity index (χ0n) is 10.5. The van der Waals surface area contributed by atoms with E-state index in [2.05, 4.69) is 17.2 Å². The molecule has 0 aliphatic heterocycles. The number of hydrogen-bond acceptors (Lipinski definition) is 5. The lowest BCUT2D eigenvalue weighted by molar-refractivity contribution is -0.384. The molecule has 7 heteroatoms. The second-order valence-corrected chi connectivity index (χ2v) is 3.61. The van der Waals surface area contributed by atoms with E-state index in [-0.39, 0.29) is 23.9 Å². The molecular weight excluding hydrogens is 250 g/mol. The lowest BCUT2D eigenvalue weighted by Crippen LogP contribution is -2.28. The first-order valence-electron chi connectivity index (χ1n) is 5.52. The van der Waals surface area contributed by atoms with Gasteiger partial charge in [-0.15, -0.1) is 6.58 Å². The van der Waals surface area contributed by atoms with Crippen LogP contribution in [0.4, 0.5) is 11.4 Å². The number of amides is 1. The summed E-state index contributed by atoms with van der Waals surface area (Å²) in [6.45, 7) is 4.15. The minimum absolute atomic E-state index is 0.0976. The highest BCUT2D eigenvalue weighted by atomic mass is 16.6. The number of nitrogens with one attached hydrogen (secondary N) is 2. The van der Waals surface area contributed by atoms with Crippen molar-refractivity contribution in [3.05, 3.63) is 41.0 Å². The highest BCUT2D eigenvalue weighted by molar-refractivity contribution is 5.93. The minimum Gasteiger partial charge on any atom is -0.494 e. The number of nitro groups is 1. The van der Waals surface area contributed by atoms with Crippen LogP contribution in [0, 0.1) is 10.1 Å². The number of nitro benzene ring substituents is 1. The van der Waals surface area contributed by atoms with Crippen molar-refractivity contribution in [1.82, 2.24) is 5.32 Å². The van der Waals surface area contributed by atoms with Crippen molar-refractivity contribution in [3.8, 4) is 5.75 Å². The third-order valence-electron chi connectivity index (χ3n) is 2.24. The number of ether oxygens (including phenoxy) is 1. The monoisotopic (exact) mass is 265 g/mol. The first-order chi connectivity index (χ1) is 9.08. The molecule has 102 valence electrons. The molecule has 0 saturated heterocycles. The molecular formula is C12H15N3O4. The lowest BCUT2D eigenvalue weighted by atomic mass is 10.2. The predicted molar refractivity (Wildman–Crippen MR) is 71.3 cm³/mol. The lowest BCUT2D eigenvalue weighted by Gasteiger charge is -2.10. The zero-order valence-corrected chi connectivity index (χ0v) is 10.5. The first-order valence-corrected chi connectivity index (χ1v) is 5.52. The number of methoxy groups -OCH3 is 1. The third-order valence-corrected chi connectivity index (χ3v) is 2.24. The van der Waals surface area contributed by atoms with Gasteiger partial charge in [0.2, 0.25) is 5.91 Å². The van der Waals surface area contributed by atoms with E-state index < -0.39 is 4.92 Å². The maximum Gasteiger partial charge on any atom is 0.273 e. The molecule has 1 amide bonds. The molecule has 7 nitrogen and oxygen atoms in total. The van der Waals surface area contributed by atoms with Crippen LogP contribution in [0.3, 0.4) is 0 Å². The van der Waals surface area contributed by atoms with E-state index in [0.29, 0.717) is 12.2 Å². The molecule has 0 unspecified atom stereocenters. The fourth-order valence-corrected chi connectivity index (χ4v) is 1.38. The summed E-state index contributed by atoms with van der Waals surface area (Å²) < 4.78 is 5.01. The van der Waals surface area contributed by atoms with Crippen molar-refractivity contribution in [2.75, 3.05) is 25.5 Å². The largest absolute Gasteiger partial charge is 0.494 e. The molecule has 2 N–H and O–H groups in total. The van der Waals surface area contributed by atoms with Gasteiger partial charge in [-0.05, 0) is 6.07 Å². The quantitative estimate of drug-likeness (QED) is 0.335. The van der Waals surface area contributed by atoms with Gasteiger partial charge < -0.3 is 15.4 Å². The summed E-state index contributed by atoms with van der Waals surface area (Å²) in [5, 5.41) is 16.1. The van der Waals surface area contributed by atoms with Gasteiger partial charge in [0.1, 0.15) is 5.75 Å². The van der Waals surface area contributed by atoms with Crippen LogP contribution in [0.15, 0.2) is 30.9 Å². The summed E-state index contributed by atoms with van der Waals surface area (Å²) >= 11 is 0. The van der Waals surface area contributed by atoms with Gasteiger partial charge in [0.05, 0.1) is 30.3 Å². The molecule has 0 fully saturated rings. The summed E-state index contributed by atoms with van der Waals surface area (Å²) in [4.78, 5) is 21.7. The standard InChI is InChI=1S/C12H15N3O4/c1-3-6-13-8-12(16)14-10-5-4-9(15(17)18)7-11(10)19-2/h3-5,7,13H,1,6,8H2,2H3,(H,14,16). The van der Waals surface area contributed by atoms with Gasteiger partial charge in [-0.3, -0.25) is 14.9 Å². The van der Waals surface area contributed by atoms with Crippen molar-refractivity contribution in [2.24, 2.45) is 0 Å². The van der Waals surface area contributed by atoms with Crippen LogP contribution in [0.1, 0.15) is 0 Å². The third kappa shape index (κ3) is 4.40. The molecule has 0 aliphatic carbocycles. The van der Waals surface area contributed by atoms with Crippen LogP contribution >= 0.6 is 0 Å². The van der Waals surface area contributed by atoms with E-state index in [0.717, 1.165) is 0 Å². The minimum atomic E-state index is -0.528. The van der Waals surface area contributed by atoms with Crippen molar-refractivity contribution >= 4 is 17.3 Å². The summed E-state index contributed by atoms with van der Waals surface area (Å²) in [6, 6.07) is 3.99. The molecule has 0 bridgehead atoms. The Kier molecular flexibility index (Phi) is 5.49. The maximum atomic E-state index is 11.6. The Morgan fingerprint density at radius 2 is 2.32 bits per heavy atom. The van der Waals surface area contributed by atoms with Crippen LogP contribution < -0.4 is 15.4 Å². The van der Waals surface area contributed by atoms with Crippen LogP contribution in [0.25, 0.3) is 0 Å². The number of carbonyl (C=O) groups excluding carboxylic acids is 1. The van der Waals surface area contributed by atoms with Crippen molar-refractivity contribution in [2.45, 2.75) is 0 Å². The maximum absolute atomic E-state index is 11.6. The van der Waals surface area contributed by atoms with E-state index in [1.54, 1.807) is 6.08 Å². The molecule has 0 heterocycles. The smallest absolute Gasteiger partial charge is 0.273 e.